The number of nitrogens with one attached hydrogen (secondary N) is 2. The highest BCUT2D eigenvalue weighted by Gasteiger charge is 2.13. The monoisotopic (exact) mass is 302 g/mol. The first kappa shape index (κ1) is 14.2. The maximum Gasteiger partial charge on any atom is 0.315 e. The van der Waals surface area contributed by atoms with Crippen LogP contribution in [0.25, 0.3) is 0 Å². The molecule has 2 aromatic rings. The Labute approximate surface area is 128 Å². The maximum absolute atomic E-state index is 11.9. The van der Waals surface area contributed by atoms with Gasteiger partial charge in [-0.3, -0.25) is 4.68 Å². The number of nitrogens with zero attached hydrogens (tertiary/aromatic N) is 2. The molecule has 116 valence electrons. The Morgan fingerprint density at radius 2 is 2.27 bits per heavy atom. The van der Waals surface area contributed by atoms with Gasteiger partial charge in [-0.15, -0.1) is 0 Å². The topological polar surface area (TPSA) is 77.4 Å². The Kier molecular flexibility index (Phi) is 4.13. The van der Waals surface area contributed by atoms with Crippen molar-refractivity contribution >= 4 is 6.03 Å². The summed E-state index contributed by atoms with van der Waals surface area (Å²) < 4.78 is 12.3. The SMILES string of the molecule is C[C@@H](Cn1cccn1)NC(=O)NCc1ccc2c(c1)OCO2. The van der Waals surface area contributed by atoms with Crippen LogP contribution in [0.4, 0.5) is 4.79 Å². The number of urea groups is 1. The van der Waals surface area contributed by atoms with E-state index in [1.54, 1.807) is 10.9 Å². The first-order valence-electron chi connectivity index (χ1n) is 7.11. The van der Waals surface area contributed by atoms with Crippen molar-refractivity contribution in [1.82, 2.24) is 20.4 Å². The van der Waals surface area contributed by atoms with Crippen molar-refractivity contribution in [1.29, 1.82) is 0 Å². The number of hydrogen-bond donors (Lipinski definition) is 2. The van der Waals surface area contributed by atoms with E-state index in [0.29, 0.717) is 18.8 Å². The molecular weight excluding hydrogens is 284 g/mol. The van der Waals surface area contributed by atoms with Gasteiger partial charge in [0.15, 0.2) is 11.5 Å². The molecule has 1 aromatic heterocycles. The molecule has 1 aliphatic rings. The molecule has 1 atom stereocenters. The van der Waals surface area contributed by atoms with Crippen LogP contribution in [0.5, 0.6) is 11.5 Å². The van der Waals surface area contributed by atoms with E-state index in [1.807, 2.05) is 37.4 Å². The molecule has 1 aromatic carbocycles. The zero-order valence-corrected chi connectivity index (χ0v) is 12.3. The first-order valence-corrected chi connectivity index (χ1v) is 7.11. The van der Waals surface area contributed by atoms with E-state index in [9.17, 15) is 4.79 Å². The number of fused-ring (bicyclic) bond motifs is 1. The lowest BCUT2D eigenvalue weighted by Gasteiger charge is -2.14. The van der Waals surface area contributed by atoms with Gasteiger partial charge < -0.3 is 20.1 Å². The molecule has 0 saturated carbocycles. The quantitative estimate of drug-likeness (QED) is 0.877. The largest absolute Gasteiger partial charge is 0.454 e. The second kappa shape index (κ2) is 6.38. The molecule has 3 rings (SSSR count). The molecule has 0 spiro atoms. The number of carbonyl (C=O) groups excluding carboxylic acids is 1. The molecule has 1 aliphatic heterocycles. The van der Waals surface area contributed by atoms with Crippen molar-refractivity contribution in [3.8, 4) is 11.5 Å². The summed E-state index contributed by atoms with van der Waals surface area (Å²) in [4.78, 5) is 11.9. The normalized spacial score (nSPS) is 13.7. The minimum atomic E-state index is -0.211. The van der Waals surface area contributed by atoms with Crippen LogP contribution < -0.4 is 20.1 Å². The minimum Gasteiger partial charge on any atom is -0.454 e. The third-order valence-corrected chi connectivity index (χ3v) is 3.29. The van der Waals surface area contributed by atoms with E-state index in [0.717, 1.165) is 11.3 Å². The van der Waals surface area contributed by atoms with Crippen molar-refractivity contribution in [2.75, 3.05) is 6.79 Å². The van der Waals surface area contributed by atoms with Gasteiger partial charge in [0, 0.05) is 25.0 Å². The first-order chi connectivity index (χ1) is 10.7. The molecule has 2 N–H and O–H groups in total. The number of carbonyl (C=O) groups is 1. The van der Waals surface area contributed by atoms with E-state index >= 15 is 0 Å². The average Bonchev–Trinajstić information content (AvgIpc) is 3.15. The van der Waals surface area contributed by atoms with Crippen molar-refractivity contribution in [3.63, 3.8) is 0 Å². The zero-order chi connectivity index (χ0) is 15.4. The third-order valence-electron chi connectivity index (χ3n) is 3.29. The van der Waals surface area contributed by atoms with Crippen LogP contribution in [-0.2, 0) is 13.1 Å². The lowest BCUT2D eigenvalue weighted by atomic mass is 10.2. The second-order valence-corrected chi connectivity index (χ2v) is 5.14. The lowest BCUT2D eigenvalue weighted by molar-refractivity contribution is 0.174. The molecule has 22 heavy (non-hydrogen) atoms. The molecule has 0 saturated heterocycles. The number of amides is 2. The van der Waals surface area contributed by atoms with Gasteiger partial charge in [0.2, 0.25) is 6.79 Å². The highest BCUT2D eigenvalue weighted by molar-refractivity contribution is 5.74. The van der Waals surface area contributed by atoms with Crippen LogP contribution >= 0.6 is 0 Å². The molecule has 2 heterocycles. The Morgan fingerprint density at radius 1 is 1.41 bits per heavy atom. The van der Waals surface area contributed by atoms with Gasteiger partial charge >= 0.3 is 6.03 Å². The van der Waals surface area contributed by atoms with Gasteiger partial charge in [-0.2, -0.15) is 5.10 Å². The molecule has 0 unspecified atom stereocenters. The fourth-order valence-corrected chi connectivity index (χ4v) is 2.24. The number of aromatic nitrogens is 2. The van der Waals surface area contributed by atoms with Crippen molar-refractivity contribution in [2.45, 2.75) is 26.1 Å². The highest BCUT2D eigenvalue weighted by atomic mass is 16.7. The van der Waals surface area contributed by atoms with Crippen LogP contribution in [0.1, 0.15) is 12.5 Å². The summed E-state index contributed by atoms with van der Waals surface area (Å²) in [6.45, 7) is 3.24. The van der Waals surface area contributed by atoms with Gasteiger partial charge in [-0.25, -0.2) is 4.79 Å². The van der Waals surface area contributed by atoms with E-state index in [-0.39, 0.29) is 18.9 Å². The Hall–Kier alpha value is -2.70. The van der Waals surface area contributed by atoms with E-state index < -0.39 is 0 Å². The maximum atomic E-state index is 11.9. The highest BCUT2D eigenvalue weighted by Crippen LogP contribution is 2.32. The fourth-order valence-electron chi connectivity index (χ4n) is 2.24. The Bertz CT molecular complexity index is 642. The summed E-state index contributed by atoms with van der Waals surface area (Å²) in [6, 6.07) is 7.25. The molecule has 2 amide bonds. The summed E-state index contributed by atoms with van der Waals surface area (Å²) in [5.41, 5.74) is 0.958. The van der Waals surface area contributed by atoms with Crippen molar-refractivity contribution in [3.05, 3.63) is 42.2 Å². The van der Waals surface area contributed by atoms with Gasteiger partial charge in [0.25, 0.3) is 0 Å². The van der Waals surface area contributed by atoms with Crippen LogP contribution in [0.2, 0.25) is 0 Å². The van der Waals surface area contributed by atoms with Crippen molar-refractivity contribution in [2.24, 2.45) is 0 Å². The van der Waals surface area contributed by atoms with E-state index in [1.165, 1.54) is 0 Å². The molecule has 0 fully saturated rings. The second-order valence-electron chi connectivity index (χ2n) is 5.14. The minimum absolute atomic E-state index is 0.0170. The summed E-state index contributed by atoms with van der Waals surface area (Å²) in [5, 5.41) is 9.81. The molecule has 0 bridgehead atoms. The van der Waals surface area contributed by atoms with Gasteiger partial charge in [-0.05, 0) is 30.7 Å². The number of rotatable bonds is 5. The molecule has 7 heteroatoms. The van der Waals surface area contributed by atoms with Gasteiger partial charge in [0.05, 0.1) is 6.54 Å². The number of ether oxygens (including phenoxy) is 2. The summed E-state index contributed by atoms with van der Waals surface area (Å²) in [5.74, 6) is 1.45. The predicted octanol–water partition coefficient (Wildman–Crippen LogP) is 1.50. The fraction of sp³-hybridized carbons (Fsp3) is 0.333. The van der Waals surface area contributed by atoms with Crippen LogP contribution in [-0.4, -0.2) is 28.6 Å². The van der Waals surface area contributed by atoms with Crippen molar-refractivity contribution < 1.29 is 14.3 Å². The van der Waals surface area contributed by atoms with Gasteiger partial charge in [-0.1, -0.05) is 6.07 Å². The van der Waals surface area contributed by atoms with E-state index in [4.69, 9.17) is 9.47 Å². The van der Waals surface area contributed by atoms with E-state index in [2.05, 4.69) is 15.7 Å². The molecular formula is C15H18N4O3. The smallest absolute Gasteiger partial charge is 0.315 e. The molecule has 7 nitrogen and oxygen atoms in total. The molecule has 0 radical (unpaired) electrons. The standard InChI is InChI=1S/C15H18N4O3/c1-11(9-19-6-2-5-17-19)18-15(20)16-8-12-3-4-13-14(7-12)22-10-21-13/h2-7,11H,8-10H2,1H3,(H2,16,18,20)/t11-/m0/s1. The molecule has 0 aliphatic carbocycles. The Morgan fingerprint density at radius 3 is 3.09 bits per heavy atom. The van der Waals surface area contributed by atoms with Crippen LogP contribution in [0.15, 0.2) is 36.7 Å². The average molecular weight is 302 g/mol. The predicted molar refractivity (Wildman–Crippen MR) is 79.6 cm³/mol. The van der Waals surface area contributed by atoms with Crippen LogP contribution in [0.3, 0.4) is 0 Å². The zero-order valence-electron chi connectivity index (χ0n) is 12.3. The summed E-state index contributed by atoms with van der Waals surface area (Å²) in [6.07, 6.45) is 3.58. The number of hydrogen-bond acceptors (Lipinski definition) is 4. The summed E-state index contributed by atoms with van der Waals surface area (Å²) >= 11 is 0. The van der Waals surface area contributed by atoms with Crippen LogP contribution in [0, 0.1) is 0 Å². The Balaban J connectivity index is 1.46. The lowest BCUT2D eigenvalue weighted by Crippen LogP contribution is -2.42. The summed E-state index contributed by atoms with van der Waals surface area (Å²) in [7, 11) is 0. The third kappa shape index (κ3) is 3.49. The van der Waals surface area contributed by atoms with Gasteiger partial charge in [0.1, 0.15) is 0 Å². The number of benzene rings is 1.